The fourth-order valence-electron chi connectivity index (χ4n) is 9.48. The number of carbonyl (C=O) groups excluding carboxylic acids is 6. The van der Waals surface area contributed by atoms with E-state index in [1.807, 2.05) is 6.07 Å². The molecule has 12 nitrogen and oxygen atoms in total. The molecule has 12 heteroatoms. The minimum atomic E-state index is -2.00. The Kier molecular flexibility index (Phi) is 13.3. The third-order valence-corrected chi connectivity index (χ3v) is 12.9. The smallest absolute Gasteiger partial charge is 0.312 e. The molecular weight excluding hydrogens is 757 g/mol. The van der Waals surface area contributed by atoms with Crippen molar-refractivity contribution in [3.05, 3.63) is 106 Å². The van der Waals surface area contributed by atoms with Crippen LogP contribution in [0.2, 0.25) is 0 Å². The summed E-state index contributed by atoms with van der Waals surface area (Å²) in [5.74, 6) is -6.53. The number of hydrogen-bond acceptors (Lipinski definition) is 12. The average molecular weight is 811 g/mol. The Morgan fingerprint density at radius 3 is 1.24 bits per heavy atom. The van der Waals surface area contributed by atoms with E-state index < -0.39 is 69.8 Å². The molecule has 6 unspecified atom stereocenters. The molecule has 3 fully saturated rings. The zero-order chi connectivity index (χ0) is 42.5. The molecule has 0 saturated heterocycles. The highest BCUT2D eigenvalue weighted by Crippen LogP contribution is 2.41. The van der Waals surface area contributed by atoms with Gasteiger partial charge in [0, 0.05) is 16.7 Å². The molecule has 0 aliphatic heterocycles. The molecule has 0 aromatic heterocycles. The summed E-state index contributed by atoms with van der Waals surface area (Å²) in [6.45, 7) is 0. The van der Waals surface area contributed by atoms with Crippen molar-refractivity contribution in [2.75, 3.05) is 21.3 Å². The zero-order valence-electron chi connectivity index (χ0n) is 34.0. The fourth-order valence-corrected chi connectivity index (χ4v) is 9.48. The van der Waals surface area contributed by atoms with E-state index >= 15 is 0 Å². The molecule has 3 aliphatic rings. The third kappa shape index (κ3) is 8.67. The number of hydrogen-bond donors (Lipinski definition) is 3. The van der Waals surface area contributed by atoms with Gasteiger partial charge in [-0.15, -0.1) is 0 Å². The van der Waals surface area contributed by atoms with E-state index in [0.717, 1.165) is 16.7 Å². The average Bonchev–Trinajstić information content (AvgIpc) is 3.26. The van der Waals surface area contributed by atoms with Crippen LogP contribution in [0.25, 0.3) is 0 Å². The molecule has 0 amide bonds. The first-order chi connectivity index (χ1) is 28.2. The lowest BCUT2D eigenvalue weighted by molar-refractivity contribution is -0.156. The number of ketones is 3. The number of rotatable bonds is 13. The van der Waals surface area contributed by atoms with Crippen molar-refractivity contribution < 1.29 is 58.3 Å². The van der Waals surface area contributed by atoms with Crippen molar-refractivity contribution in [3.8, 4) is 0 Å². The molecule has 3 saturated carbocycles. The van der Waals surface area contributed by atoms with Crippen molar-refractivity contribution in [3.63, 3.8) is 0 Å². The van der Waals surface area contributed by atoms with Crippen molar-refractivity contribution in [2.45, 2.75) is 107 Å². The molecule has 0 radical (unpaired) electrons. The Morgan fingerprint density at radius 1 is 0.492 bits per heavy atom. The maximum Gasteiger partial charge on any atom is 0.312 e. The van der Waals surface area contributed by atoms with Crippen LogP contribution in [0, 0.1) is 17.8 Å². The second-order valence-electron chi connectivity index (χ2n) is 16.5. The van der Waals surface area contributed by atoms with E-state index in [0.29, 0.717) is 69.8 Å². The predicted molar refractivity (Wildman–Crippen MR) is 215 cm³/mol. The van der Waals surface area contributed by atoms with Crippen LogP contribution in [0.1, 0.15) is 130 Å². The highest BCUT2D eigenvalue weighted by Gasteiger charge is 2.52. The Labute approximate surface area is 344 Å². The van der Waals surface area contributed by atoms with Gasteiger partial charge in [0.05, 0.1) is 39.1 Å². The lowest BCUT2D eigenvalue weighted by atomic mass is 9.70. The fraction of sp³-hybridized carbons (Fsp3) is 0.489. The summed E-state index contributed by atoms with van der Waals surface area (Å²) in [6.07, 6.45) is 5.75. The van der Waals surface area contributed by atoms with Crippen LogP contribution in [0.5, 0.6) is 0 Å². The largest absolute Gasteiger partial charge is 0.469 e. The van der Waals surface area contributed by atoms with Crippen LogP contribution >= 0.6 is 0 Å². The molecule has 314 valence electrons. The first kappa shape index (κ1) is 43.5. The molecule has 3 N–H and O–H groups in total. The van der Waals surface area contributed by atoms with Crippen molar-refractivity contribution >= 4 is 35.3 Å². The molecule has 3 aliphatic carbocycles. The van der Waals surface area contributed by atoms with E-state index in [-0.39, 0.29) is 42.4 Å². The van der Waals surface area contributed by atoms with E-state index in [1.165, 1.54) is 21.3 Å². The van der Waals surface area contributed by atoms with Gasteiger partial charge < -0.3 is 29.5 Å². The minimum absolute atomic E-state index is 0.0836. The van der Waals surface area contributed by atoms with Gasteiger partial charge in [0.2, 0.25) is 0 Å². The van der Waals surface area contributed by atoms with Crippen LogP contribution in [0.15, 0.2) is 66.7 Å². The zero-order valence-corrected chi connectivity index (χ0v) is 34.0. The first-order valence-corrected chi connectivity index (χ1v) is 20.5. The highest BCUT2D eigenvalue weighted by molar-refractivity contribution is 6.07. The molecule has 59 heavy (non-hydrogen) atoms. The second kappa shape index (κ2) is 18.1. The first-order valence-electron chi connectivity index (χ1n) is 20.5. The molecular formula is C47H54O12. The molecule has 3 aromatic carbocycles. The summed E-state index contributed by atoms with van der Waals surface area (Å²) in [5, 5.41) is 34.9. The van der Waals surface area contributed by atoms with E-state index in [2.05, 4.69) is 0 Å². The Bertz CT molecular complexity index is 2070. The van der Waals surface area contributed by atoms with Crippen LogP contribution in [-0.2, 0) is 41.4 Å². The minimum Gasteiger partial charge on any atom is -0.469 e. The summed E-state index contributed by atoms with van der Waals surface area (Å²) in [5.41, 5.74) is -2.17. The van der Waals surface area contributed by atoms with Gasteiger partial charge in [0.25, 0.3) is 0 Å². The molecule has 3 aromatic rings. The lowest BCUT2D eigenvalue weighted by Crippen LogP contribution is -2.51. The topological polar surface area (TPSA) is 191 Å². The van der Waals surface area contributed by atoms with Crippen molar-refractivity contribution in [2.24, 2.45) is 17.8 Å². The number of carbonyl (C=O) groups is 6. The lowest BCUT2D eigenvalue weighted by Gasteiger charge is -2.37. The number of esters is 3. The standard InChI is InChI=1S/C47H54O12/c1-57-42(51)36-10-4-7-23-45(36,54)39(48)32-18-13-29(14-19-32)26-31-17-22-34(35(28-31)41(50)47(56)25-9-6-12-38(47)44(53)59-3)27-30-15-20-33(21-16-30)40(49)46(55)24-8-5-11-37(46)43(52)58-2/h13-22,28,36-38,54-56H,4-12,23-27H2,1-3H3. The summed E-state index contributed by atoms with van der Waals surface area (Å²) in [4.78, 5) is 79.7. The van der Waals surface area contributed by atoms with Gasteiger partial charge in [-0.05, 0) is 79.7 Å². The predicted octanol–water partition coefficient (Wildman–Crippen LogP) is 5.70. The summed E-state index contributed by atoms with van der Waals surface area (Å²) >= 11 is 0. The Morgan fingerprint density at radius 2 is 0.847 bits per heavy atom. The Hall–Kier alpha value is -5.04. The molecule has 6 rings (SSSR count). The highest BCUT2D eigenvalue weighted by atomic mass is 16.5. The normalized spacial score (nSPS) is 26.9. The number of Topliss-reactive ketones (excluding diaryl/α,β-unsaturated/α-hetero) is 3. The van der Waals surface area contributed by atoms with Gasteiger partial charge >= 0.3 is 17.9 Å². The van der Waals surface area contributed by atoms with Crippen LogP contribution < -0.4 is 0 Å². The third-order valence-electron chi connectivity index (χ3n) is 12.9. The monoisotopic (exact) mass is 810 g/mol. The summed E-state index contributed by atoms with van der Waals surface area (Å²) in [7, 11) is 3.71. The molecule has 0 heterocycles. The number of benzene rings is 3. The molecule has 0 spiro atoms. The van der Waals surface area contributed by atoms with Crippen LogP contribution in [0.3, 0.4) is 0 Å². The SMILES string of the molecule is COC(=O)C1CCCCC1(O)C(=O)c1ccc(Cc2ccc(Cc3ccc(C(=O)C4(O)CCCCC4C(=O)OC)cc3)c(C(=O)C3(O)CCCCC3C(=O)OC)c2)cc1. The van der Waals surface area contributed by atoms with Gasteiger partial charge in [-0.2, -0.15) is 0 Å². The number of methoxy groups -OCH3 is 3. The van der Waals surface area contributed by atoms with E-state index in [9.17, 15) is 44.1 Å². The van der Waals surface area contributed by atoms with Gasteiger partial charge in [-0.25, -0.2) is 0 Å². The van der Waals surface area contributed by atoms with Gasteiger partial charge in [0.15, 0.2) is 17.3 Å². The molecule has 0 bridgehead atoms. The number of aliphatic hydroxyl groups is 3. The Balaban J connectivity index is 1.28. The van der Waals surface area contributed by atoms with E-state index in [4.69, 9.17) is 14.2 Å². The van der Waals surface area contributed by atoms with E-state index in [1.54, 1.807) is 60.7 Å². The second-order valence-corrected chi connectivity index (χ2v) is 16.5. The quantitative estimate of drug-likeness (QED) is 0.109. The van der Waals surface area contributed by atoms with Crippen LogP contribution in [-0.4, -0.2) is 88.7 Å². The van der Waals surface area contributed by atoms with Gasteiger partial charge in [-0.3, -0.25) is 28.8 Å². The van der Waals surface area contributed by atoms with Gasteiger partial charge in [-0.1, -0.05) is 99.2 Å². The summed E-state index contributed by atoms with van der Waals surface area (Å²) in [6, 6.07) is 18.7. The molecule has 6 atom stereocenters. The maximum absolute atomic E-state index is 14.6. The number of ether oxygens (including phenoxy) is 3. The van der Waals surface area contributed by atoms with Crippen molar-refractivity contribution in [1.29, 1.82) is 0 Å². The van der Waals surface area contributed by atoms with Crippen LogP contribution in [0.4, 0.5) is 0 Å². The maximum atomic E-state index is 14.6. The van der Waals surface area contributed by atoms with Gasteiger partial charge in [0.1, 0.15) is 16.8 Å². The summed E-state index contributed by atoms with van der Waals surface area (Å²) < 4.78 is 14.8. The van der Waals surface area contributed by atoms with Crippen molar-refractivity contribution in [1.82, 2.24) is 0 Å².